The van der Waals surface area contributed by atoms with Crippen molar-refractivity contribution in [3.8, 4) is 0 Å². The van der Waals surface area contributed by atoms with Crippen LogP contribution in [0.3, 0.4) is 0 Å². The summed E-state index contributed by atoms with van der Waals surface area (Å²) in [4.78, 5) is 0. The van der Waals surface area contributed by atoms with Crippen LogP contribution in [-0.2, 0) is 16.6 Å². The van der Waals surface area contributed by atoms with E-state index in [1.165, 1.54) is 4.31 Å². The lowest BCUT2D eigenvalue weighted by molar-refractivity contribution is 0.465. The fourth-order valence-electron chi connectivity index (χ4n) is 1.32. The fraction of sp³-hybridized carbons (Fsp3) is 0.600. The minimum absolute atomic E-state index is 0.185. The third-order valence-electron chi connectivity index (χ3n) is 2.32. The van der Waals surface area contributed by atoms with Crippen LogP contribution in [0.25, 0.3) is 0 Å². The highest BCUT2D eigenvalue weighted by Gasteiger charge is 2.17. The average Bonchev–Trinajstić information content (AvgIpc) is 2.70. The Kier molecular flexibility index (Phi) is 5.40. The number of rotatable bonds is 7. The predicted molar refractivity (Wildman–Crippen MR) is 67.9 cm³/mol. The zero-order valence-corrected chi connectivity index (χ0v) is 11.1. The molecular formula is C10H18N2O2S2. The van der Waals surface area contributed by atoms with E-state index in [-0.39, 0.29) is 5.75 Å². The van der Waals surface area contributed by atoms with Crippen molar-refractivity contribution >= 4 is 21.4 Å². The highest BCUT2D eigenvalue weighted by Crippen LogP contribution is 2.11. The summed E-state index contributed by atoms with van der Waals surface area (Å²) < 4.78 is 25.0. The standard InChI is InChI=1S/C10H18N2O2S2/c1-12(8-10-4-6-15-9-10)16(13,14)7-3-2-5-11/h4,6,9H,2-3,5,7-8,11H2,1H3. The summed E-state index contributed by atoms with van der Waals surface area (Å²) in [5.74, 6) is 0.185. The average molecular weight is 262 g/mol. The first-order valence-electron chi connectivity index (χ1n) is 5.21. The Labute approximate surface area is 101 Å². The third kappa shape index (κ3) is 4.21. The number of hydrogen-bond acceptors (Lipinski definition) is 4. The van der Waals surface area contributed by atoms with Gasteiger partial charge in [0, 0.05) is 13.6 Å². The van der Waals surface area contributed by atoms with E-state index in [9.17, 15) is 8.42 Å². The van der Waals surface area contributed by atoms with E-state index >= 15 is 0 Å². The Morgan fingerprint density at radius 3 is 2.75 bits per heavy atom. The summed E-state index contributed by atoms with van der Waals surface area (Å²) in [6, 6.07) is 1.94. The number of nitrogens with two attached hydrogens (primary N) is 1. The highest BCUT2D eigenvalue weighted by atomic mass is 32.2. The second kappa shape index (κ2) is 6.34. The largest absolute Gasteiger partial charge is 0.330 e. The van der Waals surface area contributed by atoms with Crippen LogP contribution in [0.4, 0.5) is 0 Å². The van der Waals surface area contributed by atoms with Gasteiger partial charge < -0.3 is 5.73 Å². The molecule has 0 saturated heterocycles. The molecule has 0 amide bonds. The van der Waals surface area contributed by atoms with Gasteiger partial charge in [0.25, 0.3) is 0 Å². The molecule has 4 nitrogen and oxygen atoms in total. The van der Waals surface area contributed by atoms with E-state index in [1.54, 1.807) is 18.4 Å². The van der Waals surface area contributed by atoms with Crippen LogP contribution in [0.1, 0.15) is 18.4 Å². The van der Waals surface area contributed by atoms with Crippen LogP contribution < -0.4 is 5.73 Å². The maximum absolute atomic E-state index is 11.8. The Hall–Kier alpha value is -0.430. The van der Waals surface area contributed by atoms with Gasteiger partial charge in [-0.3, -0.25) is 0 Å². The van der Waals surface area contributed by atoms with Gasteiger partial charge in [-0.15, -0.1) is 0 Å². The molecule has 6 heteroatoms. The number of nitrogens with zero attached hydrogens (tertiary/aromatic N) is 1. The monoisotopic (exact) mass is 262 g/mol. The van der Waals surface area contributed by atoms with Crippen molar-refractivity contribution in [3.63, 3.8) is 0 Å². The van der Waals surface area contributed by atoms with Crippen molar-refractivity contribution in [2.45, 2.75) is 19.4 Å². The minimum Gasteiger partial charge on any atom is -0.330 e. The van der Waals surface area contributed by atoms with Crippen molar-refractivity contribution < 1.29 is 8.42 Å². The first-order chi connectivity index (χ1) is 7.56. The van der Waals surface area contributed by atoms with Gasteiger partial charge in [-0.1, -0.05) is 0 Å². The van der Waals surface area contributed by atoms with Crippen molar-refractivity contribution in [1.29, 1.82) is 0 Å². The highest BCUT2D eigenvalue weighted by molar-refractivity contribution is 7.89. The van der Waals surface area contributed by atoms with Gasteiger partial charge in [0.2, 0.25) is 10.0 Å². The van der Waals surface area contributed by atoms with Crippen LogP contribution in [-0.4, -0.2) is 32.1 Å². The summed E-state index contributed by atoms with van der Waals surface area (Å²) in [5.41, 5.74) is 6.37. The van der Waals surface area contributed by atoms with Crippen molar-refractivity contribution in [1.82, 2.24) is 4.31 Å². The maximum Gasteiger partial charge on any atom is 0.214 e. The maximum atomic E-state index is 11.8. The van der Waals surface area contributed by atoms with Gasteiger partial charge in [0.05, 0.1) is 5.75 Å². The fourth-order valence-corrected chi connectivity index (χ4v) is 3.21. The van der Waals surface area contributed by atoms with Crippen LogP contribution in [0.5, 0.6) is 0 Å². The molecular weight excluding hydrogens is 244 g/mol. The first-order valence-corrected chi connectivity index (χ1v) is 7.76. The zero-order valence-electron chi connectivity index (χ0n) is 9.43. The van der Waals surface area contributed by atoms with Gasteiger partial charge in [0.15, 0.2) is 0 Å². The first kappa shape index (κ1) is 13.6. The molecule has 0 spiro atoms. The molecule has 1 heterocycles. The smallest absolute Gasteiger partial charge is 0.214 e. The van der Waals surface area contributed by atoms with E-state index in [0.717, 1.165) is 12.0 Å². The lowest BCUT2D eigenvalue weighted by Gasteiger charge is -2.16. The van der Waals surface area contributed by atoms with Crippen LogP contribution >= 0.6 is 11.3 Å². The second-order valence-electron chi connectivity index (χ2n) is 3.70. The Morgan fingerprint density at radius 2 is 2.19 bits per heavy atom. The number of sulfonamides is 1. The topological polar surface area (TPSA) is 63.4 Å². The SMILES string of the molecule is CN(Cc1ccsc1)S(=O)(=O)CCCCN. The summed E-state index contributed by atoms with van der Waals surface area (Å²) in [7, 11) is -1.51. The van der Waals surface area contributed by atoms with E-state index in [0.29, 0.717) is 19.5 Å². The van der Waals surface area contributed by atoms with Crippen molar-refractivity contribution in [2.75, 3.05) is 19.3 Å². The molecule has 0 bridgehead atoms. The summed E-state index contributed by atoms with van der Waals surface area (Å²) in [6.07, 6.45) is 1.39. The zero-order chi connectivity index (χ0) is 12.0. The molecule has 2 N–H and O–H groups in total. The Bertz CT molecular complexity index is 387. The lowest BCUT2D eigenvalue weighted by Crippen LogP contribution is -2.28. The van der Waals surface area contributed by atoms with Gasteiger partial charge in [-0.05, 0) is 41.8 Å². The minimum atomic E-state index is -3.13. The molecule has 1 aromatic heterocycles. The van der Waals surface area contributed by atoms with Crippen molar-refractivity contribution in [2.24, 2.45) is 5.73 Å². The van der Waals surface area contributed by atoms with Gasteiger partial charge in [-0.25, -0.2) is 12.7 Å². The molecule has 0 radical (unpaired) electrons. The Morgan fingerprint density at radius 1 is 1.44 bits per heavy atom. The van der Waals surface area contributed by atoms with Crippen LogP contribution in [0, 0.1) is 0 Å². The summed E-state index contributed by atoms with van der Waals surface area (Å²) in [6.45, 7) is 0.998. The lowest BCUT2D eigenvalue weighted by atomic mass is 10.3. The van der Waals surface area contributed by atoms with Crippen LogP contribution in [0.15, 0.2) is 16.8 Å². The normalized spacial score (nSPS) is 12.2. The summed E-state index contributed by atoms with van der Waals surface area (Å²) in [5, 5.41) is 3.91. The summed E-state index contributed by atoms with van der Waals surface area (Å²) >= 11 is 1.58. The molecule has 0 saturated carbocycles. The number of thiophene rings is 1. The number of hydrogen-bond donors (Lipinski definition) is 1. The molecule has 0 aliphatic rings. The molecule has 1 rings (SSSR count). The van der Waals surface area contributed by atoms with E-state index in [1.807, 2.05) is 16.8 Å². The van der Waals surface area contributed by atoms with Crippen molar-refractivity contribution in [3.05, 3.63) is 22.4 Å². The molecule has 0 fully saturated rings. The molecule has 0 unspecified atom stereocenters. The van der Waals surface area contributed by atoms with E-state index in [4.69, 9.17) is 5.73 Å². The Balaban J connectivity index is 2.48. The molecule has 0 aromatic carbocycles. The van der Waals surface area contributed by atoms with E-state index < -0.39 is 10.0 Å². The second-order valence-corrected chi connectivity index (χ2v) is 6.67. The van der Waals surface area contributed by atoms with Gasteiger partial charge >= 0.3 is 0 Å². The molecule has 92 valence electrons. The molecule has 0 aliphatic heterocycles. The van der Waals surface area contributed by atoms with Crippen LogP contribution in [0.2, 0.25) is 0 Å². The van der Waals surface area contributed by atoms with Gasteiger partial charge in [0.1, 0.15) is 0 Å². The van der Waals surface area contributed by atoms with Gasteiger partial charge in [-0.2, -0.15) is 11.3 Å². The number of unbranched alkanes of at least 4 members (excludes halogenated alkanes) is 1. The molecule has 0 aliphatic carbocycles. The molecule has 16 heavy (non-hydrogen) atoms. The third-order valence-corrected chi connectivity index (χ3v) is 4.93. The van der Waals surface area contributed by atoms with E-state index in [2.05, 4.69) is 0 Å². The predicted octanol–water partition coefficient (Wildman–Crippen LogP) is 1.25. The quantitative estimate of drug-likeness (QED) is 0.752. The molecule has 1 aromatic rings. The molecule has 0 atom stereocenters.